The number of ether oxygens (including phenoxy) is 1. The Morgan fingerprint density at radius 3 is 2.47 bits per heavy atom. The quantitative estimate of drug-likeness (QED) is 0.501. The minimum absolute atomic E-state index is 0.326. The highest BCUT2D eigenvalue weighted by Gasteiger charge is 2.41. The van der Waals surface area contributed by atoms with E-state index in [0.29, 0.717) is 65.5 Å². The zero-order valence-corrected chi connectivity index (χ0v) is 21.3. The van der Waals surface area contributed by atoms with E-state index in [-0.39, 0.29) is 0 Å². The molecule has 1 fully saturated rings. The lowest BCUT2D eigenvalue weighted by Crippen LogP contribution is -2.47. The average molecular weight is 546 g/mol. The normalized spacial score (nSPS) is 18.6. The summed E-state index contributed by atoms with van der Waals surface area (Å²) in [5, 5.41) is 3.78. The Bertz CT molecular complexity index is 1110. The number of benzene rings is 1. The number of anilines is 3. The highest BCUT2D eigenvalue weighted by atomic mass is 35.5. The SMILES string of the molecule is CCCC(COC(=O)C(F)(F)F)Nc1nc(N2CCN(c3ccc(Cl)cc3)CC2)nc2c1[S@](=O)CC2. The van der Waals surface area contributed by atoms with Gasteiger partial charge in [0.05, 0.1) is 22.5 Å². The van der Waals surface area contributed by atoms with E-state index in [1.54, 1.807) is 0 Å². The molecule has 0 radical (unpaired) electrons. The van der Waals surface area contributed by atoms with Crippen LogP contribution in [0.2, 0.25) is 5.02 Å². The van der Waals surface area contributed by atoms with Crippen molar-refractivity contribution in [3.63, 3.8) is 0 Å². The number of hydrogen-bond donors (Lipinski definition) is 1. The van der Waals surface area contributed by atoms with Crippen molar-refractivity contribution in [1.29, 1.82) is 0 Å². The van der Waals surface area contributed by atoms with Gasteiger partial charge in [-0.15, -0.1) is 0 Å². The molecule has 3 heterocycles. The van der Waals surface area contributed by atoms with Crippen LogP contribution in [-0.2, 0) is 26.8 Å². The summed E-state index contributed by atoms with van der Waals surface area (Å²) in [6, 6.07) is 7.03. The number of esters is 1. The fraction of sp³-hybridized carbons (Fsp3) is 0.522. The number of aromatic nitrogens is 2. The number of fused-ring (bicyclic) bond motifs is 1. The molecule has 1 N–H and O–H groups in total. The van der Waals surface area contributed by atoms with Gasteiger partial charge in [0.15, 0.2) is 0 Å². The molecule has 0 spiro atoms. The van der Waals surface area contributed by atoms with Crippen LogP contribution in [0, 0.1) is 0 Å². The molecule has 1 aromatic carbocycles. The van der Waals surface area contributed by atoms with Gasteiger partial charge < -0.3 is 19.9 Å². The van der Waals surface area contributed by atoms with Gasteiger partial charge >= 0.3 is 12.1 Å². The van der Waals surface area contributed by atoms with Crippen molar-refractivity contribution in [2.75, 3.05) is 53.7 Å². The van der Waals surface area contributed by atoms with Gasteiger partial charge in [-0.2, -0.15) is 18.2 Å². The van der Waals surface area contributed by atoms with Crippen molar-refractivity contribution in [2.45, 2.75) is 43.3 Å². The van der Waals surface area contributed by atoms with E-state index in [1.165, 1.54) is 0 Å². The zero-order chi connectivity index (χ0) is 25.9. The molecule has 2 aliphatic heterocycles. The second kappa shape index (κ2) is 11.2. The lowest BCUT2D eigenvalue weighted by atomic mass is 10.2. The molecule has 2 aliphatic rings. The molecule has 1 unspecified atom stereocenters. The Kier molecular flexibility index (Phi) is 8.23. The van der Waals surface area contributed by atoms with Crippen molar-refractivity contribution in [3.8, 4) is 0 Å². The Labute approximate surface area is 214 Å². The van der Waals surface area contributed by atoms with Gasteiger partial charge in [-0.05, 0) is 30.7 Å². The van der Waals surface area contributed by atoms with Crippen LogP contribution in [-0.4, -0.2) is 70.9 Å². The number of aryl methyl sites for hydroxylation is 1. The van der Waals surface area contributed by atoms with Gasteiger partial charge in [-0.3, -0.25) is 4.21 Å². The zero-order valence-electron chi connectivity index (χ0n) is 19.7. The third-order valence-electron chi connectivity index (χ3n) is 6.06. The predicted molar refractivity (Wildman–Crippen MR) is 132 cm³/mol. The smallest absolute Gasteiger partial charge is 0.457 e. The predicted octanol–water partition coefficient (Wildman–Crippen LogP) is 3.81. The van der Waals surface area contributed by atoms with Crippen molar-refractivity contribution >= 4 is 45.8 Å². The Balaban J connectivity index is 1.50. The van der Waals surface area contributed by atoms with E-state index < -0.39 is 35.6 Å². The van der Waals surface area contributed by atoms with E-state index in [9.17, 15) is 22.2 Å². The molecule has 36 heavy (non-hydrogen) atoms. The molecule has 2 aromatic rings. The molecule has 196 valence electrons. The largest absolute Gasteiger partial charge is 0.490 e. The van der Waals surface area contributed by atoms with Crippen LogP contribution in [0.3, 0.4) is 0 Å². The monoisotopic (exact) mass is 545 g/mol. The van der Waals surface area contributed by atoms with Gasteiger partial charge in [0.1, 0.15) is 17.3 Å². The first-order valence-electron chi connectivity index (χ1n) is 11.7. The van der Waals surface area contributed by atoms with Gasteiger partial charge in [-0.25, -0.2) is 9.78 Å². The number of rotatable bonds is 8. The number of nitrogens with one attached hydrogen (secondary N) is 1. The summed E-state index contributed by atoms with van der Waals surface area (Å²) in [6.07, 6.45) is -3.46. The van der Waals surface area contributed by atoms with Gasteiger partial charge in [0, 0.05) is 49.1 Å². The number of piperazine rings is 1. The summed E-state index contributed by atoms with van der Waals surface area (Å²) in [4.78, 5) is 25.3. The molecule has 0 bridgehead atoms. The molecular weight excluding hydrogens is 519 g/mol. The van der Waals surface area contributed by atoms with Crippen LogP contribution < -0.4 is 15.1 Å². The molecule has 1 saturated heterocycles. The highest BCUT2D eigenvalue weighted by Crippen LogP contribution is 2.31. The van der Waals surface area contributed by atoms with Crippen molar-refractivity contribution in [1.82, 2.24) is 9.97 Å². The minimum atomic E-state index is -5.06. The summed E-state index contributed by atoms with van der Waals surface area (Å²) < 4.78 is 54.9. The number of alkyl halides is 3. The fourth-order valence-corrected chi connectivity index (χ4v) is 5.68. The second-order valence-electron chi connectivity index (χ2n) is 8.62. The topological polar surface area (TPSA) is 87.7 Å². The molecule has 0 amide bonds. The van der Waals surface area contributed by atoms with E-state index >= 15 is 0 Å². The maximum Gasteiger partial charge on any atom is 0.490 e. The lowest BCUT2D eigenvalue weighted by molar-refractivity contribution is -0.200. The van der Waals surface area contributed by atoms with Crippen LogP contribution in [0.4, 0.5) is 30.6 Å². The highest BCUT2D eigenvalue weighted by molar-refractivity contribution is 7.85. The van der Waals surface area contributed by atoms with Gasteiger partial charge in [-0.1, -0.05) is 24.9 Å². The summed E-state index contributed by atoms with van der Waals surface area (Å²) >= 11 is 5.99. The van der Waals surface area contributed by atoms with Crippen molar-refractivity contribution in [2.24, 2.45) is 0 Å². The third-order valence-corrected chi connectivity index (χ3v) is 7.77. The molecule has 1 aromatic heterocycles. The standard InChI is InChI=1S/C23H27ClF3N5O3S/c1-2-3-16(14-35-21(33)23(25,26)27)28-20-19-18(8-13-36(19)34)29-22(30-20)32-11-9-31(10-12-32)17-6-4-15(24)5-7-17/h4-7,16H,2-3,8-14H2,1H3,(H,28,29,30)/t16?,36-/m1/s1. The number of halogens is 4. The molecule has 13 heteroatoms. The molecule has 0 aliphatic carbocycles. The maximum absolute atomic E-state index is 12.7. The van der Waals surface area contributed by atoms with Gasteiger partial charge in [0.2, 0.25) is 5.95 Å². The number of hydrogen-bond acceptors (Lipinski definition) is 8. The molecule has 4 rings (SSSR count). The lowest BCUT2D eigenvalue weighted by Gasteiger charge is -2.36. The number of carbonyl (C=O) groups excluding carboxylic acids is 1. The Morgan fingerprint density at radius 2 is 1.83 bits per heavy atom. The fourth-order valence-electron chi connectivity index (χ4n) is 4.24. The number of carbonyl (C=O) groups is 1. The summed E-state index contributed by atoms with van der Waals surface area (Å²) in [6.45, 7) is 4.18. The van der Waals surface area contributed by atoms with Crippen LogP contribution in [0.15, 0.2) is 29.2 Å². The van der Waals surface area contributed by atoms with E-state index in [1.807, 2.05) is 36.1 Å². The van der Waals surface area contributed by atoms with E-state index in [0.717, 1.165) is 18.8 Å². The third kappa shape index (κ3) is 6.20. The van der Waals surface area contributed by atoms with Crippen molar-refractivity contribution in [3.05, 3.63) is 35.0 Å². The van der Waals surface area contributed by atoms with Gasteiger partial charge in [0.25, 0.3) is 0 Å². The van der Waals surface area contributed by atoms with Crippen molar-refractivity contribution < 1.29 is 26.9 Å². The Morgan fingerprint density at radius 1 is 1.17 bits per heavy atom. The molecule has 0 saturated carbocycles. The first-order chi connectivity index (χ1) is 17.2. The molecular formula is C23H27ClF3N5O3S. The van der Waals surface area contributed by atoms with E-state index in [4.69, 9.17) is 11.6 Å². The van der Waals surface area contributed by atoms with Crippen LogP contribution >= 0.6 is 11.6 Å². The van der Waals surface area contributed by atoms with Crippen LogP contribution in [0.1, 0.15) is 25.5 Å². The van der Waals surface area contributed by atoms with Crippen LogP contribution in [0.5, 0.6) is 0 Å². The molecule has 8 nitrogen and oxygen atoms in total. The second-order valence-corrected chi connectivity index (χ2v) is 10.6. The Hall–Kier alpha value is -2.60. The summed E-state index contributed by atoms with van der Waals surface area (Å²) in [5.74, 6) is -1.02. The van der Waals surface area contributed by atoms with Crippen LogP contribution in [0.25, 0.3) is 0 Å². The number of nitrogens with zero attached hydrogens (tertiary/aromatic N) is 4. The first kappa shape index (κ1) is 26.5. The molecule has 2 atom stereocenters. The summed E-state index contributed by atoms with van der Waals surface area (Å²) in [7, 11) is -1.32. The summed E-state index contributed by atoms with van der Waals surface area (Å²) in [5.41, 5.74) is 1.74. The van der Waals surface area contributed by atoms with E-state index in [2.05, 4.69) is 24.9 Å². The maximum atomic E-state index is 12.7. The minimum Gasteiger partial charge on any atom is -0.457 e. The first-order valence-corrected chi connectivity index (χ1v) is 13.4. The average Bonchev–Trinajstić information content (AvgIpc) is 3.23.